The van der Waals surface area contributed by atoms with Crippen LogP contribution in [0.4, 0.5) is 5.69 Å². The molecule has 134 valence electrons. The molecule has 0 bridgehead atoms. The van der Waals surface area contributed by atoms with E-state index in [9.17, 15) is 14.4 Å². The summed E-state index contributed by atoms with van der Waals surface area (Å²) in [7, 11) is 0. The second-order valence-corrected chi connectivity index (χ2v) is 6.65. The zero-order valence-electron chi connectivity index (χ0n) is 14.9. The van der Waals surface area contributed by atoms with Crippen LogP contribution in [0, 0.1) is 19.8 Å². The number of anilines is 1. The van der Waals surface area contributed by atoms with Crippen molar-refractivity contribution in [3.63, 3.8) is 0 Å². The Morgan fingerprint density at radius 3 is 2.38 bits per heavy atom. The molecule has 1 saturated heterocycles. The Bertz CT molecular complexity index is 824. The molecule has 1 aliphatic heterocycles. The van der Waals surface area contributed by atoms with Crippen molar-refractivity contribution in [3.8, 4) is 0 Å². The number of nitrogens with zero attached hydrogens (tertiary/aromatic N) is 1. The number of carbonyl (C=O) groups excluding carboxylic acids is 3. The Kier molecular flexibility index (Phi) is 5.16. The molecule has 1 fully saturated rings. The van der Waals surface area contributed by atoms with Crippen molar-refractivity contribution in [2.24, 2.45) is 5.92 Å². The van der Waals surface area contributed by atoms with Gasteiger partial charge in [-0.25, -0.2) is 0 Å². The van der Waals surface area contributed by atoms with Gasteiger partial charge in [0.15, 0.2) is 12.4 Å². The SMILES string of the molecule is Cc1cc(C)cc(N2C[C@H](C(=O)OCC(=O)c3ccccc3)CC2=O)c1. The molecule has 0 N–H and O–H groups in total. The molecule has 3 rings (SSSR count). The predicted octanol–water partition coefficient (Wildman–Crippen LogP) is 3.08. The zero-order valence-corrected chi connectivity index (χ0v) is 14.9. The number of hydrogen-bond donors (Lipinski definition) is 0. The molecule has 2 aromatic carbocycles. The second kappa shape index (κ2) is 7.52. The molecule has 0 aromatic heterocycles. The standard InChI is InChI=1S/C21H21NO4/c1-14-8-15(2)10-18(9-14)22-12-17(11-20(22)24)21(25)26-13-19(23)16-6-4-3-5-7-16/h3-10,17H,11-13H2,1-2H3/t17-/m1/s1. The fourth-order valence-electron chi connectivity index (χ4n) is 3.18. The highest BCUT2D eigenvalue weighted by Gasteiger charge is 2.36. The van der Waals surface area contributed by atoms with Gasteiger partial charge in [0.1, 0.15) is 0 Å². The van der Waals surface area contributed by atoms with Crippen LogP contribution in [-0.4, -0.2) is 30.8 Å². The van der Waals surface area contributed by atoms with E-state index < -0.39 is 11.9 Å². The summed E-state index contributed by atoms with van der Waals surface area (Å²) in [4.78, 5) is 38.3. The van der Waals surface area contributed by atoms with Gasteiger partial charge in [-0.15, -0.1) is 0 Å². The summed E-state index contributed by atoms with van der Waals surface area (Å²) in [6.07, 6.45) is 0.103. The van der Waals surface area contributed by atoms with Crippen LogP contribution in [0.5, 0.6) is 0 Å². The molecule has 0 saturated carbocycles. The molecule has 0 aliphatic carbocycles. The summed E-state index contributed by atoms with van der Waals surface area (Å²) < 4.78 is 5.15. The van der Waals surface area contributed by atoms with Crippen LogP contribution in [0.1, 0.15) is 27.9 Å². The van der Waals surface area contributed by atoms with E-state index in [-0.39, 0.29) is 31.3 Å². The van der Waals surface area contributed by atoms with Gasteiger partial charge in [0.25, 0.3) is 0 Å². The summed E-state index contributed by atoms with van der Waals surface area (Å²) in [6.45, 7) is 3.91. The van der Waals surface area contributed by atoms with Gasteiger partial charge in [0.05, 0.1) is 5.92 Å². The Hall–Kier alpha value is -2.95. The lowest BCUT2D eigenvalue weighted by Gasteiger charge is -2.18. The third-order valence-electron chi connectivity index (χ3n) is 4.42. The Balaban J connectivity index is 1.61. The van der Waals surface area contributed by atoms with Crippen LogP contribution in [0.3, 0.4) is 0 Å². The average Bonchev–Trinajstić information content (AvgIpc) is 3.01. The third-order valence-corrected chi connectivity index (χ3v) is 4.42. The van der Waals surface area contributed by atoms with Crippen LogP contribution in [0.25, 0.3) is 0 Å². The lowest BCUT2D eigenvalue weighted by atomic mass is 10.1. The fraction of sp³-hybridized carbons (Fsp3) is 0.286. The maximum absolute atomic E-state index is 12.3. The molecule has 2 aromatic rings. The predicted molar refractivity (Wildman–Crippen MR) is 98.1 cm³/mol. The smallest absolute Gasteiger partial charge is 0.311 e. The number of ether oxygens (including phenoxy) is 1. The second-order valence-electron chi connectivity index (χ2n) is 6.65. The Morgan fingerprint density at radius 2 is 1.73 bits per heavy atom. The summed E-state index contributed by atoms with van der Waals surface area (Å²) in [5, 5.41) is 0. The van der Waals surface area contributed by atoms with Crippen LogP contribution >= 0.6 is 0 Å². The van der Waals surface area contributed by atoms with Gasteiger partial charge < -0.3 is 9.64 Å². The minimum atomic E-state index is -0.549. The number of Topliss-reactive ketones (excluding diaryl/α,β-unsaturated/α-hetero) is 1. The first kappa shape index (κ1) is 17.9. The molecule has 1 heterocycles. The summed E-state index contributed by atoms with van der Waals surface area (Å²) in [6, 6.07) is 14.6. The lowest BCUT2D eigenvalue weighted by Crippen LogP contribution is -2.27. The van der Waals surface area contributed by atoms with Gasteiger partial charge in [-0.1, -0.05) is 36.4 Å². The quantitative estimate of drug-likeness (QED) is 0.613. The van der Waals surface area contributed by atoms with Gasteiger partial charge in [0.2, 0.25) is 5.91 Å². The maximum atomic E-state index is 12.3. The number of hydrogen-bond acceptors (Lipinski definition) is 4. The van der Waals surface area contributed by atoms with Crippen molar-refractivity contribution in [2.45, 2.75) is 20.3 Å². The first-order chi connectivity index (χ1) is 12.4. The topological polar surface area (TPSA) is 63.7 Å². The number of benzene rings is 2. The van der Waals surface area contributed by atoms with Crippen molar-refractivity contribution in [3.05, 3.63) is 65.2 Å². The normalized spacial score (nSPS) is 16.6. The van der Waals surface area contributed by atoms with E-state index in [4.69, 9.17) is 4.74 Å². The van der Waals surface area contributed by atoms with E-state index in [1.54, 1.807) is 29.2 Å². The molecular weight excluding hydrogens is 330 g/mol. The lowest BCUT2D eigenvalue weighted by molar-refractivity contribution is -0.147. The fourth-order valence-corrected chi connectivity index (χ4v) is 3.18. The summed E-state index contributed by atoms with van der Waals surface area (Å²) in [5.41, 5.74) is 3.42. The Labute approximate surface area is 152 Å². The third kappa shape index (κ3) is 3.99. The van der Waals surface area contributed by atoms with Crippen LogP contribution in [0.15, 0.2) is 48.5 Å². The van der Waals surface area contributed by atoms with Gasteiger partial charge in [-0.05, 0) is 37.1 Å². The highest BCUT2D eigenvalue weighted by Crippen LogP contribution is 2.27. The van der Waals surface area contributed by atoms with Crippen molar-refractivity contribution >= 4 is 23.3 Å². The molecule has 26 heavy (non-hydrogen) atoms. The maximum Gasteiger partial charge on any atom is 0.311 e. The van der Waals surface area contributed by atoms with Crippen LogP contribution in [0.2, 0.25) is 0 Å². The minimum Gasteiger partial charge on any atom is -0.457 e. The van der Waals surface area contributed by atoms with Crippen molar-refractivity contribution in [2.75, 3.05) is 18.1 Å². The number of rotatable bonds is 5. The van der Waals surface area contributed by atoms with Gasteiger partial charge in [-0.2, -0.15) is 0 Å². The molecule has 1 aliphatic rings. The summed E-state index contributed by atoms with van der Waals surface area (Å²) >= 11 is 0. The molecular formula is C21H21NO4. The first-order valence-electron chi connectivity index (χ1n) is 8.57. The highest BCUT2D eigenvalue weighted by molar-refractivity contribution is 6.01. The molecule has 0 spiro atoms. The van der Waals surface area contributed by atoms with Gasteiger partial charge >= 0.3 is 5.97 Å². The number of esters is 1. The monoisotopic (exact) mass is 351 g/mol. The Morgan fingerprint density at radius 1 is 1.08 bits per heavy atom. The zero-order chi connectivity index (χ0) is 18.7. The van der Waals surface area contributed by atoms with Crippen molar-refractivity contribution in [1.82, 2.24) is 0 Å². The van der Waals surface area contributed by atoms with E-state index >= 15 is 0 Å². The number of carbonyl (C=O) groups is 3. The number of amides is 1. The van der Waals surface area contributed by atoms with Crippen molar-refractivity contribution < 1.29 is 19.1 Å². The van der Waals surface area contributed by atoms with E-state index in [1.165, 1.54) is 0 Å². The molecule has 0 radical (unpaired) electrons. The first-order valence-corrected chi connectivity index (χ1v) is 8.57. The molecule has 5 heteroatoms. The summed E-state index contributed by atoms with van der Waals surface area (Å²) in [5.74, 6) is -1.41. The van der Waals surface area contributed by atoms with E-state index in [0.717, 1.165) is 16.8 Å². The minimum absolute atomic E-state index is 0.103. The van der Waals surface area contributed by atoms with Crippen LogP contribution in [-0.2, 0) is 14.3 Å². The van der Waals surface area contributed by atoms with Crippen molar-refractivity contribution in [1.29, 1.82) is 0 Å². The van der Waals surface area contributed by atoms with E-state index in [0.29, 0.717) is 5.56 Å². The van der Waals surface area contributed by atoms with Gasteiger partial charge in [-0.3, -0.25) is 14.4 Å². The van der Waals surface area contributed by atoms with Gasteiger partial charge in [0, 0.05) is 24.2 Å². The van der Waals surface area contributed by atoms with E-state index in [1.807, 2.05) is 38.1 Å². The molecule has 0 unspecified atom stereocenters. The molecule has 1 amide bonds. The molecule has 5 nitrogen and oxygen atoms in total. The average molecular weight is 351 g/mol. The molecule has 1 atom stereocenters. The largest absolute Gasteiger partial charge is 0.457 e. The number of ketones is 1. The highest BCUT2D eigenvalue weighted by atomic mass is 16.5. The number of aryl methyl sites for hydroxylation is 2. The van der Waals surface area contributed by atoms with E-state index in [2.05, 4.69) is 0 Å². The van der Waals surface area contributed by atoms with Crippen LogP contribution < -0.4 is 4.90 Å².